The normalized spacial score (nSPS) is 10.9. The molecule has 0 radical (unpaired) electrons. The van der Waals surface area contributed by atoms with Crippen LogP contribution in [0.25, 0.3) is 0 Å². The highest BCUT2D eigenvalue weighted by atomic mass is 35.5. The zero-order chi connectivity index (χ0) is 13.0. The van der Waals surface area contributed by atoms with Crippen LogP contribution in [0.2, 0.25) is 5.15 Å². The van der Waals surface area contributed by atoms with Gasteiger partial charge in [0, 0.05) is 13.1 Å². The van der Waals surface area contributed by atoms with Crippen molar-refractivity contribution in [1.29, 1.82) is 0 Å². The van der Waals surface area contributed by atoms with Gasteiger partial charge < -0.3 is 0 Å². The number of nitrogens with zero attached hydrogens (tertiary/aromatic N) is 3. The Labute approximate surface area is 112 Å². The summed E-state index contributed by atoms with van der Waals surface area (Å²) in [6.45, 7) is 3.76. The molecular formula is C14H16ClN3. The summed E-state index contributed by atoms with van der Waals surface area (Å²) in [5, 5.41) is 0.431. The van der Waals surface area contributed by atoms with E-state index in [2.05, 4.69) is 53.1 Å². The van der Waals surface area contributed by atoms with E-state index in [0.717, 1.165) is 18.8 Å². The Bertz CT molecular complexity index is 511. The number of aromatic nitrogens is 2. The van der Waals surface area contributed by atoms with E-state index in [0.29, 0.717) is 5.15 Å². The first-order chi connectivity index (χ1) is 8.63. The first kappa shape index (κ1) is 13.0. The van der Waals surface area contributed by atoms with Crippen molar-refractivity contribution in [1.82, 2.24) is 14.9 Å². The van der Waals surface area contributed by atoms with Gasteiger partial charge >= 0.3 is 0 Å². The van der Waals surface area contributed by atoms with Gasteiger partial charge in [0.2, 0.25) is 0 Å². The summed E-state index contributed by atoms with van der Waals surface area (Å²) < 4.78 is 0. The molecule has 0 spiro atoms. The van der Waals surface area contributed by atoms with Crippen LogP contribution in [0.4, 0.5) is 0 Å². The first-order valence-electron chi connectivity index (χ1n) is 5.84. The van der Waals surface area contributed by atoms with Gasteiger partial charge in [-0.1, -0.05) is 41.4 Å². The smallest absolute Gasteiger partial charge is 0.147 e. The van der Waals surface area contributed by atoms with E-state index in [-0.39, 0.29) is 0 Å². The summed E-state index contributed by atoms with van der Waals surface area (Å²) >= 11 is 5.71. The third kappa shape index (κ3) is 3.79. The van der Waals surface area contributed by atoms with Crippen LogP contribution in [-0.2, 0) is 13.1 Å². The molecule has 2 rings (SSSR count). The van der Waals surface area contributed by atoms with E-state index < -0.39 is 0 Å². The number of rotatable bonds is 4. The average Bonchev–Trinajstić information content (AvgIpc) is 2.32. The van der Waals surface area contributed by atoms with Gasteiger partial charge in [0.25, 0.3) is 0 Å². The highest BCUT2D eigenvalue weighted by molar-refractivity contribution is 6.29. The van der Waals surface area contributed by atoms with E-state index in [4.69, 9.17) is 11.6 Å². The molecule has 3 nitrogen and oxygen atoms in total. The third-order valence-corrected chi connectivity index (χ3v) is 2.84. The second kappa shape index (κ2) is 5.94. The molecule has 0 atom stereocenters. The standard InChI is InChI=1S/C14H16ClN3/c1-11-4-3-5-12(6-11)9-18(2)10-13-7-17-14(15)8-16-13/h3-8H,9-10H2,1-2H3. The molecule has 0 amide bonds. The number of hydrogen-bond donors (Lipinski definition) is 0. The maximum atomic E-state index is 5.71. The summed E-state index contributed by atoms with van der Waals surface area (Å²) in [5.41, 5.74) is 3.51. The molecule has 0 aliphatic heterocycles. The molecule has 94 valence electrons. The predicted octanol–water partition coefficient (Wildman–Crippen LogP) is 3.07. The second-order valence-electron chi connectivity index (χ2n) is 4.49. The summed E-state index contributed by atoms with van der Waals surface area (Å²) in [6, 6.07) is 8.52. The van der Waals surface area contributed by atoms with Gasteiger partial charge in [-0.25, -0.2) is 4.98 Å². The van der Waals surface area contributed by atoms with Crippen LogP contribution < -0.4 is 0 Å². The average molecular weight is 262 g/mol. The highest BCUT2D eigenvalue weighted by Gasteiger charge is 2.03. The molecule has 1 aromatic heterocycles. The van der Waals surface area contributed by atoms with Crippen molar-refractivity contribution in [3.05, 3.63) is 58.6 Å². The van der Waals surface area contributed by atoms with Crippen molar-refractivity contribution in [2.45, 2.75) is 20.0 Å². The minimum atomic E-state index is 0.431. The Morgan fingerprint density at radius 1 is 1.17 bits per heavy atom. The lowest BCUT2D eigenvalue weighted by Crippen LogP contribution is -2.18. The van der Waals surface area contributed by atoms with E-state index in [9.17, 15) is 0 Å². The van der Waals surface area contributed by atoms with Crippen molar-refractivity contribution in [2.24, 2.45) is 0 Å². The number of aryl methyl sites for hydroxylation is 1. The molecule has 0 bridgehead atoms. The molecular weight excluding hydrogens is 246 g/mol. The van der Waals surface area contributed by atoms with Crippen LogP contribution in [0, 0.1) is 6.92 Å². The Kier molecular flexibility index (Phi) is 4.28. The van der Waals surface area contributed by atoms with Crippen molar-refractivity contribution < 1.29 is 0 Å². The maximum absolute atomic E-state index is 5.71. The van der Waals surface area contributed by atoms with Crippen LogP contribution in [0.15, 0.2) is 36.7 Å². The van der Waals surface area contributed by atoms with Gasteiger partial charge in [0.05, 0.1) is 18.1 Å². The van der Waals surface area contributed by atoms with Crippen molar-refractivity contribution in [2.75, 3.05) is 7.05 Å². The summed E-state index contributed by atoms with van der Waals surface area (Å²) in [5.74, 6) is 0. The molecule has 0 aliphatic rings. The molecule has 0 fully saturated rings. The Balaban J connectivity index is 1.96. The lowest BCUT2D eigenvalue weighted by Gasteiger charge is -2.16. The number of benzene rings is 1. The van der Waals surface area contributed by atoms with Gasteiger partial charge in [-0.2, -0.15) is 0 Å². The van der Waals surface area contributed by atoms with Gasteiger partial charge in [-0.3, -0.25) is 9.88 Å². The Hall–Kier alpha value is -1.45. The summed E-state index contributed by atoms with van der Waals surface area (Å²) in [6.07, 6.45) is 3.30. The van der Waals surface area contributed by atoms with Crippen LogP contribution in [0.1, 0.15) is 16.8 Å². The van der Waals surface area contributed by atoms with E-state index in [1.807, 2.05) is 0 Å². The lowest BCUT2D eigenvalue weighted by atomic mass is 10.1. The number of hydrogen-bond acceptors (Lipinski definition) is 3. The molecule has 4 heteroatoms. The first-order valence-corrected chi connectivity index (χ1v) is 6.22. The zero-order valence-electron chi connectivity index (χ0n) is 10.6. The molecule has 0 saturated heterocycles. The van der Waals surface area contributed by atoms with Crippen LogP contribution in [0.5, 0.6) is 0 Å². The topological polar surface area (TPSA) is 29.0 Å². The summed E-state index contributed by atoms with van der Waals surface area (Å²) in [7, 11) is 2.07. The Morgan fingerprint density at radius 3 is 2.67 bits per heavy atom. The van der Waals surface area contributed by atoms with Crippen LogP contribution in [-0.4, -0.2) is 21.9 Å². The fourth-order valence-electron chi connectivity index (χ4n) is 1.88. The van der Waals surface area contributed by atoms with Gasteiger partial charge in [0.1, 0.15) is 5.15 Å². The van der Waals surface area contributed by atoms with Gasteiger partial charge in [-0.05, 0) is 19.5 Å². The molecule has 2 aromatic rings. The largest absolute Gasteiger partial charge is 0.296 e. The molecule has 0 N–H and O–H groups in total. The van der Waals surface area contributed by atoms with Crippen molar-refractivity contribution >= 4 is 11.6 Å². The molecule has 18 heavy (non-hydrogen) atoms. The molecule has 1 heterocycles. The van der Waals surface area contributed by atoms with Crippen molar-refractivity contribution in [3.8, 4) is 0 Å². The monoisotopic (exact) mass is 261 g/mol. The zero-order valence-corrected chi connectivity index (χ0v) is 11.4. The van der Waals surface area contributed by atoms with Gasteiger partial charge in [0.15, 0.2) is 0 Å². The molecule has 0 saturated carbocycles. The molecule has 1 aromatic carbocycles. The highest BCUT2D eigenvalue weighted by Crippen LogP contribution is 2.09. The van der Waals surface area contributed by atoms with E-state index in [1.54, 1.807) is 12.4 Å². The molecule has 0 unspecified atom stereocenters. The van der Waals surface area contributed by atoms with E-state index >= 15 is 0 Å². The quantitative estimate of drug-likeness (QED) is 0.847. The molecule has 0 aliphatic carbocycles. The maximum Gasteiger partial charge on any atom is 0.147 e. The van der Waals surface area contributed by atoms with Crippen molar-refractivity contribution in [3.63, 3.8) is 0 Å². The van der Waals surface area contributed by atoms with Crippen LogP contribution >= 0.6 is 11.6 Å². The van der Waals surface area contributed by atoms with Crippen LogP contribution in [0.3, 0.4) is 0 Å². The fraction of sp³-hybridized carbons (Fsp3) is 0.286. The minimum absolute atomic E-state index is 0.431. The summed E-state index contributed by atoms with van der Waals surface area (Å²) in [4.78, 5) is 10.5. The second-order valence-corrected chi connectivity index (χ2v) is 4.88. The fourth-order valence-corrected chi connectivity index (χ4v) is 1.97. The number of halogens is 1. The SMILES string of the molecule is Cc1cccc(CN(C)Cc2cnc(Cl)cn2)c1. The Morgan fingerprint density at radius 2 is 2.00 bits per heavy atom. The predicted molar refractivity (Wildman–Crippen MR) is 73.4 cm³/mol. The lowest BCUT2D eigenvalue weighted by molar-refractivity contribution is 0.314. The van der Waals surface area contributed by atoms with Gasteiger partial charge in [-0.15, -0.1) is 0 Å². The van der Waals surface area contributed by atoms with E-state index in [1.165, 1.54) is 11.1 Å². The third-order valence-electron chi connectivity index (χ3n) is 2.64. The minimum Gasteiger partial charge on any atom is -0.296 e.